The van der Waals surface area contributed by atoms with Crippen LogP contribution in [-0.2, 0) is 11.3 Å². The fourth-order valence-corrected chi connectivity index (χ4v) is 2.35. The number of aromatic nitrogens is 1. The lowest BCUT2D eigenvalue weighted by molar-refractivity contribution is -0.121. The van der Waals surface area contributed by atoms with Gasteiger partial charge >= 0.3 is 6.03 Å². The van der Waals surface area contributed by atoms with Gasteiger partial charge in [0.1, 0.15) is 11.9 Å². The maximum Gasteiger partial charge on any atom is 0.315 e. The van der Waals surface area contributed by atoms with E-state index in [2.05, 4.69) is 10.3 Å². The van der Waals surface area contributed by atoms with E-state index in [1.807, 2.05) is 13.8 Å². The van der Waals surface area contributed by atoms with Crippen molar-refractivity contribution >= 4 is 17.6 Å². The van der Waals surface area contributed by atoms with E-state index in [4.69, 9.17) is 5.73 Å². The lowest BCUT2D eigenvalue weighted by Gasteiger charge is -2.30. The number of primary amides is 1. The SMILES string of the molecule is CC[C@H](C)C1C(=O)Nc2cncc(F)c2CN1C(N)=O. The molecule has 0 aromatic carbocycles. The summed E-state index contributed by atoms with van der Waals surface area (Å²) in [5.41, 5.74) is 5.86. The number of carbonyl (C=O) groups excluding carboxylic acids is 2. The predicted molar refractivity (Wildman–Crippen MR) is 71.2 cm³/mol. The highest BCUT2D eigenvalue weighted by molar-refractivity contribution is 5.98. The van der Waals surface area contributed by atoms with Crippen LogP contribution < -0.4 is 11.1 Å². The maximum absolute atomic E-state index is 13.8. The Balaban J connectivity index is 2.48. The molecular weight excluding hydrogens is 263 g/mol. The number of carbonyl (C=O) groups is 2. The number of halogens is 1. The van der Waals surface area contributed by atoms with Crippen LogP contribution in [0.4, 0.5) is 14.9 Å². The maximum atomic E-state index is 13.8. The second-order valence-electron chi connectivity index (χ2n) is 4.93. The van der Waals surface area contributed by atoms with Crippen molar-refractivity contribution in [1.29, 1.82) is 0 Å². The first-order valence-corrected chi connectivity index (χ1v) is 6.45. The van der Waals surface area contributed by atoms with Crippen LogP contribution in [-0.4, -0.2) is 27.9 Å². The summed E-state index contributed by atoms with van der Waals surface area (Å²) in [5.74, 6) is -1.03. The third kappa shape index (κ3) is 2.43. The van der Waals surface area contributed by atoms with Gasteiger partial charge in [0.15, 0.2) is 0 Å². The molecule has 6 nitrogen and oxygen atoms in total. The van der Waals surface area contributed by atoms with E-state index < -0.39 is 17.9 Å². The van der Waals surface area contributed by atoms with Crippen molar-refractivity contribution in [3.05, 3.63) is 23.8 Å². The van der Waals surface area contributed by atoms with Crippen LogP contribution in [0.3, 0.4) is 0 Å². The first kappa shape index (κ1) is 14.2. The number of anilines is 1. The molecule has 20 heavy (non-hydrogen) atoms. The zero-order valence-electron chi connectivity index (χ0n) is 11.4. The Morgan fingerprint density at radius 1 is 1.65 bits per heavy atom. The Morgan fingerprint density at radius 3 is 2.95 bits per heavy atom. The summed E-state index contributed by atoms with van der Waals surface area (Å²) in [6.45, 7) is 3.72. The first-order chi connectivity index (χ1) is 9.45. The van der Waals surface area contributed by atoms with Crippen LogP contribution in [0.25, 0.3) is 0 Å². The lowest BCUT2D eigenvalue weighted by atomic mass is 9.97. The van der Waals surface area contributed by atoms with Gasteiger partial charge in [-0.15, -0.1) is 0 Å². The molecule has 1 aliphatic rings. The summed E-state index contributed by atoms with van der Waals surface area (Å²) in [5, 5.41) is 2.62. The number of nitrogens with one attached hydrogen (secondary N) is 1. The summed E-state index contributed by atoms with van der Waals surface area (Å²) in [7, 11) is 0. The Kier molecular flexibility index (Phi) is 3.87. The number of hydrogen-bond acceptors (Lipinski definition) is 3. The first-order valence-electron chi connectivity index (χ1n) is 6.45. The van der Waals surface area contributed by atoms with E-state index >= 15 is 0 Å². The molecule has 0 bridgehead atoms. The number of nitrogens with zero attached hydrogens (tertiary/aromatic N) is 2. The molecule has 0 spiro atoms. The van der Waals surface area contributed by atoms with Gasteiger partial charge < -0.3 is 16.0 Å². The number of fused-ring (bicyclic) bond motifs is 1. The van der Waals surface area contributed by atoms with Gasteiger partial charge in [0.05, 0.1) is 24.6 Å². The van der Waals surface area contributed by atoms with Crippen molar-refractivity contribution in [3.63, 3.8) is 0 Å². The largest absolute Gasteiger partial charge is 0.351 e. The summed E-state index contributed by atoms with van der Waals surface area (Å²) < 4.78 is 13.8. The van der Waals surface area contributed by atoms with Crippen LogP contribution in [0.5, 0.6) is 0 Å². The fourth-order valence-electron chi connectivity index (χ4n) is 2.35. The summed E-state index contributed by atoms with van der Waals surface area (Å²) in [6, 6.07) is -1.46. The number of amides is 3. The normalized spacial score (nSPS) is 19.9. The third-order valence-corrected chi connectivity index (χ3v) is 3.66. The Morgan fingerprint density at radius 2 is 2.35 bits per heavy atom. The molecule has 0 saturated heterocycles. The highest BCUT2D eigenvalue weighted by Crippen LogP contribution is 2.27. The van der Waals surface area contributed by atoms with E-state index in [-0.39, 0.29) is 29.6 Å². The van der Waals surface area contributed by atoms with Gasteiger partial charge in [0.2, 0.25) is 5.91 Å². The minimum absolute atomic E-state index is 0.0488. The van der Waals surface area contributed by atoms with Crippen molar-refractivity contribution in [1.82, 2.24) is 9.88 Å². The van der Waals surface area contributed by atoms with E-state index in [1.54, 1.807) is 0 Å². The van der Waals surface area contributed by atoms with Crippen LogP contribution in [0, 0.1) is 11.7 Å². The summed E-state index contributed by atoms with van der Waals surface area (Å²) in [6.07, 6.45) is 3.11. The summed E-state index contributed by atoms with van der Waals surface area (Å²) in [4.78, 5) is 28.8. The van der Waals surface area contributed by atoms with Crippen molar-refractivity contribution < 1.29 is 14.0 Å². The Hall–Kier alpha value is -2.18. The van der Waals surface area contributed by atoms with Crippen molar-refractivity contribution in [2.45, 2.75) is 32.9 Å². The molecule has 108 valence electrons. The monoisotopic (exact) mass is 280 g/mol. The standard InChI is InChI=1S/C13H17FN4O2/c1-3-7(2)11-12(19)17-10-5-16-4-9(14)8(10)6-18(11)13(15)20/h4-5,7,11H,3,6H2,1-2H3,(H2,15,20)(H,17,19)/t7-,11?/m0/s1. The molecule has 1 aliphatic heterocycles. The molecule has 3 N–H and O–H groups in total. The van der Waals surface area contributed by atoms with E-state index in [0.29, 0.717) is 6.42 Å². The average molecular weight is 280 g/mol. The molecule has 0 radical (unpaired) electrons. The van der Waals surface area contributed by atoms with Crippen molar-refractivity contribution in [3.8, 4) is 0 Å². The lowest BCUT2D eigenvalue weighted by Crippen LogP contribution is -2.50. The summed E-state index contributed by atoms with van der Waals surface area (Å²) >= 11 is 0. The average Bonchev–Trinajstić information content (AvgIpc) is 2.55. The topological polar surface area (TPSA) is 88.3 Å². The van der Waals surface area contributed by atoms with E-state index in [9.17, 15) is 14.0 Å². The molecule has 0 saturated carbocycles. The van der Waals surface area contributed by atoms with Gasteiger partial charge in [-0.1, -0.05) is 20.3 Å². The van der Waals surface area contributed by atoms with Gasteiger partial charge in [-0.3, -0.25) is 9.78 Å². The molecule has 1 aromatic rings. The molecular formula is C13H17FN4O2. The number of nitrogens with two attached hydrogens (primary N) is 1. The smallest absolute Gasteiger partial charge is 0.315 e. The van der Waals surface area contributed by atoms with Crippen LogP contribution in [0.15, 0.2) is 12.4 Å². The number of urea groups is 1. The highest BCUT2D eigenvalue weighted by Gasteiger charge is 2.36. The third-order valence-electron chi connectivity index (χ3n) is 3.66. The Bertz CT molecular complexity index is 549. The van der Waals surface area contributed by atoms with Gasteiger partial charge in [-0.05, 0) is 5.92 Å². The molecule has 7 heteroatoms. The molecule has 2 heterocycles. The second-order valence-corrected chi connectivity index (χ2v) is 4.93. The molecule has 1 unspecified atom stereocenters. The van der Waals surface area contributed by atoms with E-state index in [0.717, 1.165) is 6.20 Å². The van der Waals surface area contributed by atoms with Crippen LogP contribution in [0.1, 0.15) is 25.8 Å². The second kappa shape index (κ2) is 5.44. The molecule has 1 aromatic heterocycles. The van der Waals surface area contributed by atoms with Crippen LogP contribution in [0.2, 0.25) is 0 Å². The number of hydrogen-bond donors (Lipinski definition) is 2. The van der Waals surface area contributed by atoms with Gasteiger partial charge in [0, 0.05) is 5.56 Å². The number of rotatable bonds is 2. The minimum Gasteiger partial charge on any atom is -0.351 e. The van der Waals surface area contributed by atoms with Gasteiger partial charge in [-0.2, -0.15) is 0 Å². The van der Waals surface area contributed by atoms with Crippen molar-refractivity contribution in [2.75, 3.05) is 5.32 Å². The van der Waals surface area contributed by atoms with Gasteiger partial charge in [0.25, 0.3) is 0 Å². The molecule has 2 atom stereocenters. The molecule has 2 rings (SSSR count). The number of pyridine rings is 1. The molecule has 0 fully saturated rings. The predicted octanol–water partition coefficient (Wildman–Crippen LogP) is 1.47. The Labute approximate surface area is 116 Å². The zero-order chi connectivity index (χ0) is 14.9. The van der Waals surface area contributed by atoms with Crippen molar-refractivity contribution in [2.24, 2.45) is 11.7 Å². The fraction of sp³-hybridized carbons (Fsp3) is 0.462. The molecule has 3 amide bonds. The zero-order valence-corrected chi connectivity index (χ0v) is 11.4. The quantitative estimate of drug-likeness (QED) is 0.859. The van der Waals surface area contributed by atoms with Crippen LogP contribution >= 0.6 is 0 Å². The minimum atomic E-state index is -0.741. The van der Waals surface area contributed by atoms with Gasteiger partial charge in [-0.25, -0.2) is 9.18 Å². The van der Waals surface area contributed by atoms with E-state index in [1.165, 1.54) is 11.1 Å². The highest BCUT2D eigenvalue weighted by atomic mass is 19.1. The molecule has 0 aliphatic carbocycles.